The van der Waals surface area contributed by atoms with Crippen molar-refractivity contribution in [3.63, 3.8) is 0 Å². The van der Waals surface area contributed by atoms with Gasteiger partial charge in [-0.25, -0.2) is 4.98 Å². The molecule has 4 rings (SSSR count). The Morgan fingerprint density at radius 1 is 1.14 bits per heavy atom. The minimum Gasteiger partial charge on any atom is -0.492 e. The molecule has 0 aliphatic heterocycles. The number of hydrogen-bond acceptors (Lipinski definition) is 7. The lowest BCUT2D eigenvalue weighted by atomic mass is 10.2. The average molecular weight is 444 g/mol. The quantitative estimate of drug-likeness (QED) is 0.355. The fraction of sp³-hybridized carbons (Fsp3) is 0.200. The predicted molar refractivity (Wildman–Crippen MR) is 116 cm³/mol. The van der Waals surface area contributed by atoms with Crippen molar-refractivity contribution in [2.45, 2.75) is 24.3 Å². The lowest BCUT2D eigenvalue weighted by molar-refractivity contribution is 0.337. The molecule has 0 saturated carbocycles. The van der Waals surface area contributed by atoms with Crippen LogP contribution in [0.4, 0.5) is 0 Å². The minimum atomic E-state index is 0.580. The minimum absolute atomic E-state index is 0.580. The van der Waals surface area contributed by atoms with E-state index in [1.54, 1.807) is 27.8 Å². The molecule has 0 saturated heterocycles. The first-order valence-electron chi connectivity index (χ1n) is 9.04. The summed E-state index contributed by atoms with van der Waals surface area (Å²) in [6.45, 7) is 2.53. The fourth-order valence-corrected chi connectivity index (χ4v) is 4.58. The van der Waals surface area contributed by atoms with Gasteiger partial charge in [0.2, 0.25) is 5.16 Å². The monoisotopic (exact) mass is 443 g/mol. The summed E-state index contributed by atoms with van der Waals surface area (Å²) in [7, 11) is 0. The maximum Gasteiger partial charge on any atom is 0.214 e. The molecule has 0 fully saturated rings. The zero-order chi connectivity index (χ0) is 20.1. The standard InChI is InChI=1S/C20H18ClN5OS2/c1-2-27-18-6-4-3-5-17(18)26-20(23-24-25-26)29-13-16-12-28-19(22-16)11-14-7-9-15(21)10-8-14/h3-10,12H,2,11,13H2,1H3. The highest BCUT2D eigenvalue weighted by molar-refractivity contribution is 7.98. The number of benzene rings is 2. The van der Waals surface area contributed by atoms with Crippen LogP contribution in [0, 0.1) is 0 Å². The van der Waals surface area contributed by atoms with Gasteiger partial charge in [-0.15, -0.1) is 16.4 Å². The van der Waals surface area contributed by atoms with Crippen LogP contribution in [0.5, 0.6) is 5.75 Å². The molecule has 2 aromatic carbocycles. The van der Waals surface area contributed by atoms with Crippen molar-refractivity contribution >= 4 is 34.7 Å². The first kappa shape index (κ1) is 19.9. The smallest absolute Gasteiger partial charge is 0.214 e. The average Bonchev–Trinajstić information content (AvgIpc) is 3.38. The molecule has 2 aromatic heterocycles. The third-order valence-electron chi connectivity index (χ3n) is 4.05. The van der Waals surface area contributed by atoms with E-state index in [1.807, 2.05) is 55.5 Å². The zero-order valence-electron chi connectivity index (χ0n) is 15.7. The molecule has 29 heavy (non-hydrogen) atoms. The normalized spacial score (nSPS) is 11.0. The number of nitrogens with zero attached hydrogens (tertiary/aromatic N) is 5. The maximum absolute atomic E-state index is 5.95. The summed E-state index contributed by atoms with van der Waals surface area (Å²) in [5.41, 5.74) is 3.03. The first-order valence-corrected chi connectivity index (χ1v) is 11.3. The third-order valence-corrected chi connectivity index (χ3v) is 6.15. The van der Waals surface area contributed by atoms with Gasteiger partial charge in [0.15, 0.2) is 0 Å². The lowest BCUT2D eigenvalue weighted by Gasteiger charge is -2.10. The lowest BCUT2D eigenvalue weighted by Crippen LogP contribution is -2.03. The van der Waals surface area contributed by atoms with Gasteiger partial charge >= 0.3 is 0 Å². The SMILES string of the molecule is CCOc1ccccc1-n1nnnc1SCc1csc(Cc2ccc(Cl)cc2)n1. The molecular formula is C20H18ClN5OS2. The van der Waals surface area contributed by atoms with Crippen LogP contribution in [0.1, 0.15) is 23.2 Å². The molecule has 0 unspecified atom stereocenters. The van der Waals surface area contributed by atoms with E-state index < -0.39 is 0 Å². The highest BCUT2D eigenvalue weighted by Gasteiger charge is 2.14. The Bertz CT molecular complexity index is 1080. The number of halogens is 1. The Balaban J connectivity index is 1.44. The van der Waals surface area contributed by atoms with E-state index in [-0.39, 0.29) is 0 Å². The van der Waals surface area contributed by atoms with Crippen molar-refractivity contribution in [3.8, 4) is 11.4 Å². The van der Waals surface area contributed by atoms with Gasteiger partial charge < -0.3 is 4.74 Å². The summed E-state index contributed by atoms with van der Waals surface area (Å²) in [6.07, 6.45) is 0.798. The molecule has 0 aliphatic rings. The molecule has 2 heterocycles. The van der Waals surface area contributed by atoms with Crippen LogP contribution in [-0.2, 0) is 12.2 Å². The second-order valence-electron chi connectivity index (χ2n) is 6.10. The largest absolute Gasteiger partial charge is 0.492 e. The van der Waals surface area contributed by atoms with E-state index in [2.05, 4.69) is 20.9 Å². The van der Waals surface area contributed by atoms with Crippen molar-refractivity contribution in [1.82, 2.24) is 25.2 Å². The molecule has 148 valence electrons. The van der Waals surface area contributed by atoms with E-state index in [0.717, 1.165) is 33.6 Å². The summed E-state index contributed by atoms with van der Waals surface area (Å²) in [6, 6.07) is 15.6. The molecule has 0 aliphatic carbocycles. The van der Waals surface area contributed by atoms with Crippen LogP contribution in [0.25, 0.3) is 5.69 Å². The zero-order valence-corrected chi connectivity index (χ0v) is 18.0. The molecule has 0 bridgehead atoms. The van der Waals surface area contributed by atoms with Gasteiger partial charge in [-0.1, -0.05) is 47.6 Å². The van der Waals surface area contributed by atoms with Crippen molar-refractivity contribution in [2.75, 3.05) is 6.61 Å². The molecule has 0 radical (unpaired) electrons. The number of hydrogen-bond donors (Lipinski definition) is 0. The molecule has 4 aromatic rings. The number of thioether (sulfide) groups is 1. The van der Waals surface area contributed by atoms with Crippen LogP contribution in [-0.4, -0.2) is 31.8 Å². The molecule has 0 amide bonds. The highest BCUT2D eigenvalue weighted by Crippen LogP contribution is 2.28. The molecule has 9 heteroatoms. The van der Waals surface area contributed by atoms with E-state index in [4.69, 9.17) is 21.3 Å². The van der Waals surface area contributed by atoms with E-state index >= 15 is 0 Å². The van der Waals surface area contributed by atoms with Crippen LogP contribution in [0.15, 0.2) is 59.1 Å². The van der Waals surface area contributed by atoms with E-state index in [0.29, 0.717) is 17.5 Å². The summed E-state index contributed by atoms with van der Waals surface area (Å²) in [5, 5.41) is 16.7. The number of ether oxygens (including phenoxy) is 1. The Hall–Kier alpha value is -2.42. The van der Waals surface area contributed by atoms with Crippen molar-refractivity contribution in [3.05, 3.63) is 75.2 Å². The van der Waals surface area contributed by atoms with Crippen LogP contribution >= 0.6 is 34.7 Å². The van der Waals surface area contributed by atoms with Crippen LogP contribution in [0.3, 0.4) is 0 Å². The number of thiazole rings is 1. The number of aromatic nitrogens is 5. The van der Waals surface area contributed by atoms with E-state index in [9.17, 15) is 0 Å². The van der Waals surface area contributed by atoms with Gasteiger partial charge in [0.25, 0.3) is 0 Å². The Kier molecular flexibility index (Phi) is 6.43. The topological polar surface area (TPSA) is 65.7 Å². The van der Waals surface area contributed by atoms with E-state index in [1.165, 1.54) is 5.56 Å². The molecule has 0 atom stereocenters. The molecule has 6 nitrogen and oxygen atoms in total. The Morgan fingerprint density at radius 3 is 2.79 bits per heavy atom. The second kappa shape index (κ2) is 9.39. The van der Waals surface area contributed by atoms with Crippen LogP contribution in [0.2, 0.25) is 5.02 Å². The number of rotatable bonds is 8. The number of tetrazole rings is 1. The molecular weight excluding hydrogens is 426 g/mol. The predicted octanol–water partition coefficient (Wildman–Crippen LogP) is 5.05. The van der Waals surface area contributed by atoms with Gasteiger partial charge in [0.05, 0.1) is 17.3 Å². The summed E-state index contributed by atoms with van der Waals surface area (Å²) in [5.74, 6) is 1.44. The van der Waals surface area contributed by atoms with Crippen molar-refractivity contribution in [2.24, 2.45) is 0 Å². The summed E-state index contributed by atoms with van der Waals surface area (Å²) < 4.78 is 7.41. The van der Waals surface area contributed by atoms with Gasteiger partial charge in [0.1, 0.15) is 11.4 Å². The third kappa shape index (κ3) is 4.95. The molecule has 0 spiro atoms. The fourth-order valence-electron chi connectivity index (χ4n) is 2.74. The van der Waals surface area contributed by atoms with Crippen LogP contribution < -0.4 is 4.74 Å². The summed E-state index contributed by atoms with van der Waals surface area (Å²) >= 11 is 9.16. The second-order valence-corrected chi connectivity index (χ2v) is 8.42. The van der Waals surface area contributed by atoms with Gasteiger partial charge in [0, 0.05) is 22.6 Å². The molecule has 0 N–H and O–H groups in total. The van der Waals surface area contributed by atoms with Gasteiger partial charge in [-0.3, -0.25) is 0 Å². The Labute approximate surface area is 181 Å². The van der Waals surface area contributed by atoms with Gasteiger partial charge in [-0.05, 0) is 47.2 Å². The maximum atomic E-state index is 5.95. The number of para-hydroxylation sites is 2. The van der Waals surface area contributed by atoms with Crippen molar-refractivity contribution in [1.29, 1.82) is 0 Å². The van der Waals surface area contributed by atoms with Gasteiger partial charge in [-0.2, -0.15) is 4.68 Å². The Morgan fingerprint density at radius 2 is 1.97 bits per heavy atom. The highest BCUT2D eigenvalue weighted by atomic mass is 35.5. The first-order chi connectivity index (χ1) is 14.2. The van der Waals surface area contributed by atoms with Crippen molar-refractivity contribution < 1.29 is 4.74 Å². The summed E-state index contributed by atoms with van der Waals surface area (Å²) in [4.78, 5) is 4.74.